The van der Waals surface area contributed by atoms with Crippen LogP contribution in [0.5, 0.6) is 0 Å². The summed E-state index contributed by atoms with van der Waals surface area (Å²) in [5.41, 5.74) is -0.00409. The Kier molecular flexibility index (Phi) is 7.92. The zero-order chi connectivity index (χ0) is 27.0. The summed E-state index contributed by atoms with van der Waals surface area (Å²) in [5.74, 6) is -1.52. The van der Waals surface area contributed by atoms with Gasteiger partial charge in [0.05, 0.1) is 17.1 Å². The monoisotopic (exact) mass is 512 g/mol. The van der Waals surface area contributed by atoms with Crippen molar-refractivity contribution >= 4 is 23.0 Å². The average Bonchev–Trinajstić information content (AvgIpc) is 3.12. The fourth-order valence-corrected chi connectivity index (χ4v) is 5.42. The summed E-state index contributed by atoms with van der Waals surface area (Å²) in [6.45, 7) is 7.97. The first-order valence-electron chi connectivity index (χ1n) is 12.1. The molecule has 36 heavy (non-hydrogen) atoms. The van der Waals surface area contributed by atoms with Gasteiger partial charge in [-0.3, -0.25) is 4.79 Å². The second-order valence-corrected chi connectivity index (χ2v) is 11.1. The molecule has 8 nitrogen and oxygen atoms in total. The van der Waals surface area contributed by atoms with E-state index in [4.69, 9.17) is 0 Å². The van der Waals surface area contributed by atoms with Crippen molar-refractivity contribution in [3.63, 3.8) is 0 Å². The molecule has 1 unspecified atom stereocenters. The maximum atomic E-state index is 13.9. The number of nitrogens with zero attached hydrogens (tertiary/aromatic N) is 4. The maximum absolute atomic E-state index is 13.9. The van der Waals surface area contributed by atoms with Crippen LogP contribution in [0.15, 0.2) is 24.3 Å². The predicted molar refractivity (Wildman–Crippen MR) is 129 cm³/mol. The van der Waals surface area contributed by atoms with Gasteiger partial charge in [0.25, 0.3) is 5.91 Å². The molecule has 1 aliphatic rings. The van der Waals surface area contributed by atoms with Gasteiger partial charge < -0.3 is 24.6 Å². The zero-order valence-corrected chi connectivity index (χ0v) is 21.3. The van der Waals surface area contributed by atoms with Crippen molar-refractivity contribution < 1.29 is 33.0 Å². The number of carbonyl (C=O) groups excluding carboxylic acids is 1. The zero-order valence-electron chi connectivity index (χ0n) is 21.3. The molecule has 1 aromatic carbocycles. The Labute approximate surface area is 208 Å². The number of hydrogen-bond donors (Lipinski definition) is 2. The number of aliphatic hydroxyl groups excluding tert-OH is 1. The molecule has 1 aliphatic heterocycles. The van der Waals surface area contributed by atoms with Gasteiger partial charge in [-0.2, -0.15) is 13.2 Å². The molecule has 0 bridgehead atoms. The lowest BCUT2D eigenvalue weighted by molar-refractivity contribution is -0.140. The molecule has 2 aromatic rings. The molecule has 2 heterocycles. The van der Waals surface area contributed by atoms with Gasteiger partial charge in [0.15, 0.2) is 0 Å². The number of para-hydroxylation sites is 2. The Morgan fingerprint density at radius 3 is 2.36 bits per heavy atom. The van der Waals surface area contributed by atoms with Gasteiger partial charge in [-0.25, -0.2) is 9.78 Å². The van der Waals surface area contributed by atoms with E-state index in [1.54, 1.807) is 18.2 Å². The van der Waals surface area contributed by atoms with Crippen molar-refractivity contribution in [2.75, 3.05) is 19.7 Å². The Hall–Kier alpha value is -2.82. The molecule has 0 aliphatic carbocycles. The van der Waals surface area contributed by atoms with Gasteiger partial charge in [-0.05, 0) is 29.9 Å². The highest BCUT2D eigenvalue weighted by molar-refractivity contribution is 5.95. The van der Waals surface area contributed by atoms with Gasteiger partial charge in [0, 0.05) is 31.7 Å². The summed E-state index contributed by atoms with van der Waals surface area (Å²) >= 11 is 0. The third-order valence-corrected chi connectivity index (χ3v) is 6.58. The van der Waals surface area contributed by atoms with E-state index in [9.17, 15) is 33.0 Å². The summed E-state index contributed by atoms with van der Waals surface area (Å²) in [5, 5.41) is 20.2. The molecule has 200 valence electrons. The van der Waals surface area contributed by atoms with Gasteiger partial charge in [0.1, 0.15) is 6.54 Å². The van der Waals surface area contributed by atoms with Gasteiger partial charge in [-0.1, -0.05) is 46.8 Å². The van der Waals surface area contributed by atoms with Crippen LogP contribution in [0.2, 0.25) is 0 Å². The number of imidazole rings is 1. The van der Waals surface area contributed by atoms with Gasteiger partial charge >= 0.3 is 12.3 Å². The van der Waals surface area contributed by atoms with Crippen molar-refractivity contribution in [1.29, 1.82) is 0 Å². The molecule has 0 spiro atoms. The van der Waals surface area contributed by atoms with E-state index in [0.29, 0.717) is 6.42 Å². The number of carboxylic acid groups (broad SMARTS) is 1. The summed E-state index contributed by atoms with van der Waals surface area (Å²) in [6, 6.07) is 5.14. The Balaban J connectivity index is 2.07. The number of carbonyl (C=O) groups is 2. The van der Waals surface area contributed by atoms with Crippen LogP contribution in [0.3, 0.4) is 0 Å². The normalized spacial score (nSPS) is 21.3. The third-order valence-electron chi connectivity index (χ3n) is 6.58. The standard InChI is InChI=1S/C25H35F3N4O4/c1-15(2)11-30(17-10-16(13-33)20(24(3,4)5)31(12-17)23(35)36)22(34)21-29-18-8-6-7-9-19(18)32(21)14-25(26,27)28/h6-9,15-17,20,33H,10-14H2,1-5H3,(H,35,36)/t16-,17-,20?/m0/s1. The summed E-state index contributed by atoms with van der Waals surface area (Å²) in [4.78, 5) is 33.0. The Bertz CT molecular complexity index is 1090. The van der Waals surface area contributed by atoms with Crippen molar-refractivity contribution in [1.82, 2.24) is 19.4 Å². The van der Waals surface area contributed by atoms with E-state index >= 15 is 0 Å². The number of likely N-dealkylation sites (tertiary alicyclic amines) is 1. The molecular weight excluding hydrogens is 477 g/mol. The molecule has 11 heteroatoms. The van der Waals surface area contributed by atoms with Crippen molar-refractivity contribution in [2.45, 2.75) is 65.8 Å². The minimum Gasteiger partial charge on any atom is -0.465 e. The van der Waals surface area contributed by atoms with Crippen molar-refractivity contribution in [3.8, 4) is 0 Å². The van der Waals surface area contributed by atoms with Crippen LogP contribution < -0.4 is 0 Å². The van der Waals surface area contributed by atoms with Crippen molar-refractivity contribution in [3.05, 3.63) is 30.1 Å². The first kappa shape index (κ1) is 27.8. The number of aromatic nitrogens is 2. The van der Waals surface area contributed by atoms with Crippen LogP contribution in [-0.4, -0.2) is 79.5 Å². The van der Waals surface area contributed by atoms with Crippen LogP contribution >= 0.6 is 0 Å². The van der Waals surface area contributed by atoms with Crippen LogP contribution in [0, 0.1) is 17.3 Å². The Morgan fingerprint density at radius 1 is 1.19 bits per heavy atom. The number of amides is 2. The molecule has 3 rings (SSSR count). The van der Waals surface area contributed by atoms with E-state index in [-0.39, 0.29) is 42.5 Å². The number of aliphatic hydroxyl groups is 1. The predicted octanol–water partition coefficient (Wildman–Crippen LogP) is 4.47. The van der Waals surface area contributed by atoms with Crippen LogP contribution in [-0.2, 0) is 6.54 Å². The quantitative estimate of drug-likeness (QED) is 0.595. The van der Waals surface area contributed by atoms with E-state index in [0.717, 1.165) is 4.57 Å². The summed E-state index contributed by atoms with van der Waals surface area (Å²) < 4.78 is 41.3. The second kappa shape index (κ2) is 10.3. The molecule has 0 saturated carbocycles. The Morgan fingerprint density at radius 2 is 1.83 bits per heavy atom. The smallest absolute Gasteiger partial charge is 0.407 e. The molecule has 2 N–H and O–H groups in total. The van der Waals surface area contributed by atoms with Crippen LogP contribution in [0.1, 0.15) is 51.7 Å². The average molecular weight is 513 g/mol. The highest BCUT2D eigenvalue weighted by Gasteiger charge is 2.47. The molecule has 2 amide bonds. The third kappa shape index (κ3) is 5.93. The largest absolute Gasteiger partial charge is 0.465 e. The fraction of sp³-hybridized carbons (Fsp3) is 0.640. The minimum atomic E-state index is -4.58. The van der Waals surface area contributed by atoms with Gasteiger partial charge in [0.2, 0.25) is 5.82 Å². The van der Waals surface area contributed by atoms with E-state index in [2.05, 4.69) is 4.98 Å². The van der Waals surface area contributed by atoms with Crippen molar-refractivity contribution in [2.24, 2.45) is 17.3 Å². The molecule has 3 atom stereocenters. The lowest BCUT2D eigenvalue weighted by atomic mass is 9.73. The van der Waals surface area contributed by atoms with Crippen LogP contribution in [0.4, 0.5) is 18.0 Å². The number of halogens is 3. The van der Waals surface area contributed by atoms with E-state index in [1.165, 1.54) is 15.9 Å². The first-order chi connectivity index (χ1) is 16.6. The molecule has 0 radical (unpaired) electrons. The highest BCUT2D eigenvalue weighted by Crippen LogP contribution is 2.38. The lowest BCUT2D eigenvalue weighted by Crippen LogP contribution is -2.62. The molecule has 1 fully saturated rings. The second-order valence-electron chi connectivity index (χ2n) is 11.1. The van der Waals surface area contributed by atoms with E-state index < -0.39 is 48.1 Å². The summed E-state index contributed by atoms with van der Waals surface area (Å²) in [7, 11) is 0. The number of fused-ring (bicyclic) bond motifs is 1. The molecule has 1 aromatic heterocycles. The first-order valence-corrected chi connectivity index (χ1v) is 12.1. The summed E-state index contributed by atoms with van der Waals surface area (Å²) in [6.07, 6.45) is -5.42. The number of rotatable bonds is 6. The fourth-order valence-electron chi connectivity index (χ4n) is 5.42. The number of hydrogen-bond acceptors (Lipinski definition) is 4. The van der Waals surface area contributed by atoms with Crippen LogP contribution in [0.25, 0.3) is 11.0 Å². The number of alkyl halides is 3. The molecule has 1 saturated heterocycles. The molecular formula is C25H35F3N4O4. The van der Waals surface area contributed by atoms with E-state index in [1.807, 2.05) is 34.6 Å². The highest BCUT2D eigenvalue weighted by atomic mass is 19.4. The van der Waals surface area contributed by atoms with Gasteiger partial charge in [-0.15, -0.1) is 0 Å². The maximum Gasteiger partial charge on any atom is 0.407 e. The number of piperidine rings is 1. The minimum absolute atomic E-state index is 0.00821. The number of benzene rings is 1. The topological polar surface area (TPSA) is 98.9 Å². The lowest BCUT2D eigenvalue weighted by Gasteiger charge is -2.51. The SMILES string of the molecule is CC(C)CN(C(=O)c1nc2ccccc2n1CC(F)(F)F)[C@H]1C[C@@H](CO)C(C(C)(C)C)N(C(=O)O)C1.